The fourth-order valence-corrected chi connectivity index (χ4v) is 3.93. The van der Waals surface area contributed by atoms with Gasteiger partial charge in [-0.15, -0.1) is 0 Å². The van der Waals surface area contributed by atoms with Crippen molar-refractivity contribution in [2.75, 3.05) is 26.2 Å². The van der Waals surface area contributed by atoms with Crippen LogP contribution < -0.4 is 10.6 Å². The number of aryl methyl sites for hydroxylation is 1. The Kier molecular flexibility index (Phi) is 7.70. The first-order valence-electron chi connectivity index (χ1n) is 9.27. The lowest BCUT2D eigenvalue weighted by Crippen LogP contribution is -2.47. The number of benzene rings is 1. The molecule has 158 valence electrons. The van der Waals surface area contributed by atoms with E-state index >= 15 is 0 Å². The van der Waals surface area contributed by atoms with Gasteiger partial charge >= 0.3 is 15.5 Å². The first kappa shape index (κ1) is 22.5. The Hall–Kier alpha value is -1.81. The van der Waals surface area contributed by atoms with Gasteiger partial charge < -0.3 is 10.6 Å². The number of hydrogen-bond acceptors (Lipinski definition) is 3. The Balaban J connectivity index is 1.86. The highest BCUT2D eigenvalue weighted by molar-refractivity contribution is 7.90. The van der Waals surface area contributed by atoms with Crippen LogP contribution in [0.2, 0.25) is 0 Å². The van der Waals surface area contributed by atoms with Gasteiger partial charge in [0.1, 0.15) is 0 Å². The molecule has 2 N–H and O–H groups in total. The number of halogens is 3. The van der Waals surface area contributed by atoms with Crippen LogP contribution in [0.5, 0.6) is 0 Å². The van der Waals surface area contributed by atoms with E-state index in [0.717, 1.165) is 5.56 Å². The van der Waals surface area contributed by atoms with Crippen LogP contribution in [0.3, 0.4) is 0 Å². The van der Waals surface area contributed by atoms with Crippen molar-refractivity contribution in [1.82, 2.24) is 14.9 Å². The van der Waals surface area contributed by atoms with E-state index < -0.39 is 15.5 Å². The van der Waals surface area contributed by atoms with Crippen LogP contribution in [0.25, 0.3) is 0 Å². The maximum atomic E-state index is 12.6. The molecule has 1 saturated heterocycles. The molecule has 0 bridgehead atoms. The third kappa shape index (κ3) is 6.10. The predicted octanol–water partition coefficient (Wildman–Crippen LogP) is 2.61. The summed E-state index contributed by atoms with van der Waals surface area (Å²) in [5.41, 5.74) is -2.98. The second-order valence-corrected chi connectivity index (χ2v) is 8.78. The summed E-state index contributed by atoms with van der Waals surface area (Å²) in [5.74, 6) is 0.719. The minimum Gasteiger partial charge on any atom is -0.357 e. The summed E-state index contributed by atoms with van der Waals surface area (Å²) in [6, 6.07) is 8.07. The van der Waals surface area contributed by atoms with Crippen molar-refractivity contribution >= 4 is 16.0 Å². The van der Waals surface area contributed by atoms with E-state index in [1.165, 1.54) is 5.56 Å². The fraction of sp³-hybridized carbons (Fsp3) is 0.611. The summed E-state index contributed by atoms with van der Waals surface area (Å²) >= 11 is 0. The van der Waals surface area contributed by atoms with Crippen molar-refractivity contribution in [1.29, 1.82) is 0 Å². The summed E-state index contributed by atoms with van der Waals surface area (Å²) in [6.45, 7) is 5.45. The normalized spacial score (nSPS) is 17.5. The van der Waals surface area contributed by atoms with Gasteiger partial charge in [-0.05, 0) is 38.2 Å². The molecule has 28 heavy (non-hydrogen) atoms. The Morgan fingerprint density at radius 1 is 1.18 bits per heavy atom. The molecule has 6 nitrogen and oxygen atoms in total. The average Bonchev–Trinajstić information content (AvgIpc) is 2.65. The number of sulfonamides is 1. The monoisotopic (exact) mass is 420 g/mol. The highest BCUT2D eigenvalue weighted by Crippen LogP contribution is 2.30. The molecule has 0 spiro atoms. The number of guanidine groups is 1. The molecule has 0 atom stereocenters. The molecule has 0 unspecified atom stereocenters. The van der Waals surface area contributed by atoms with Crippen molar-refractivity contribution in [3.8, 4) is 0 Å². The van der Waals surface area contributed by atoms with Gasteiger partial charge in [0, 0.05) is 26.2 Å². The zero-order chi connectivity index (χ0) is 20.8. The molecule has 0 radical (unpaired) electrons. The van der Waals surface area contributed by atoms with Crippen molar-refractivity contribution < 1.29 is 21.6 Å². The summed E-state index contributed by atoms with van der Waals surface area (Å²) in [6.07, 6.45) is 0.749. The number of nitrogens with one attached hydrogen (secondary N) is 2. The van der Waals surface area contributed by atoms with Crippen LogP contribution >= 0.6 is 0 Å². The summed E-state index contributed by atoms with van der Waals surface area (Å²) < 4.78 is 61.4. The molecular weight excluding hydrogens is 393 g/mol. The fourth-order valence-electron chi connectivity index (χ4n) is 2.95. The van der Waals surface area contributed by atoms with Gasteiger partial charge in [0.05, 0.1) is 6.54 Å². The number of aliphatic imine (C=N–C) groups is 1. The minimum atomic E-state index is -5.24. The molecule has 0 saturated carbocycles. The van der Waals surface area contributed by atoms with E-state index in [1.54, 1.807) is 0 Å². The molecular formula is C18H27F3N4O2S. The first-order chi connectivity index (χ1) is 13.1. The van der Waals surface area contributed by atoms with E-state index in [0.29, 0.717) is 42.7 Å². The van der Waals surface area contributed by atoms with Crippen LogP contribution in [0.1, 0.15) is 30.9 Å². The van der Waals surface area contributed by atoms with Crippen molar-refractivity contribution in [2.24, 2.45) is 10.9 Å². The maximum Gasteiger partial charge on any atom is 0.511 e. The second-order valence-electron chi connectivity index (χ2n) is 6.85. The second kappa shape index (κ2) is 9.60. The molecule has 0 amide bonds. The maximum absolute atomic E-state index is 12.6. The largest absolute Gasteiger partial charge is 0.511 e. The Morgan fingerprint density at radius 2 is 1.79 bits per heavy atom. The molecule has 0 aromatic heterocycles. The lowest BCUT2D eigenvalue weighted by Gasteiger charge is -2.31. The van der Waals surface area contributed by atoms with Gasteiger partial charge in [-0.1, -0.05) is 29.8 Å². The number of alkyl halides is 3. The highest BCUT2D eigenvalue weighted by atomic mass is 32.2. The molecule has 1 aromatic carbocycles. The number of hydrogen-bond donors (Lipinski definition) is 2. The van der Waals surface area contributed by atoms with E-state index in [-0.39, 0.29) is 19.0 Å². The van der Waals surface area contributed by atoms with Crippen LogP contribution in [0, 0.1) is 12.8 Å². The third-order valence-electron chi connectivity index (χ3n) is 4.65. The van der Waals surface area contributed by atoms with E-state index in [9.17, 15) is 21.6 Å². The molecule has 2 rings (SSSR count). The SMILES string of the molecule is CCNC(=NCc1ccc(C)cc1)NCC1CCN(S(=O)(=O)C(F)(F)F)CC1. The van der Waals surface area contributed by atoms with E-state index in [2.05, 4.69) is 15.6 Å². The smallest absolute Gasteiger partial charge is 0.357 e. The van der Waals surface area contributed by atoms with E-state index in [1.807, 2.05) is 38.1 Å². The summed E-state index contributed by atoms with van der Waals surface area (Å²) in [7, 11) is -5.23. The van der Waals surface area contributed by atoms with Gasteiger partial charge in [0.2, 0.25) is 0 Å². The van der Waals surface area contributed by atoms with E-state index in [4.69, 9.17) is 0 Å². The lowest BCUT2D eigenvalue weighted by atomic mass is 9.98. The first-order valence-corrected chi connectivity index (χ1v) is 10.7. The van der Waals surface area contributed by atoms with Gasteiger partial charge in [-0.2, -0.15) is 17.5 Å². The molecule has 1 fully saturated rings. The quantitative estimate of drug-likeness (QED) is 0.548. The molecule has 1 aliphatic heterocycles. The van der Waals surface area contributed by atoms with Gasteiger partial charge in [0.15, 0.2) is 5.96 Å². The van der Waals surface area contributed by atoms with Crippen LogP contribution in [-0.2, 0) is 16.6 Å². The Bertz CT molecular complexity index is 756. The molecule has 1 aliphatic rings. The predicted molar refractivity (Wildman–Crippen MR) is 103 cm³/mol. The van der Waals surface area contributed by atoms with Crippen LogP contribution in [-0.4, -0.2) is 50.4 Å². The standard InChI is InChI=1S/C18H27F3N4O2S/c1-3-22-17(23-12-15-6-4-14(2)5-7-15)24-13-16-8-10-25(11-9-16)28(26,27)18(19,20)21/h4-7,16H,3,8-13H2,1-2H3,(H2,22,23,24). The van der Waals surface area contributed by atoms with Crippen molar-refractivity contribution in [3.05, 3.63) is 35.4 Å². The zero-order valence-corrected chi connectivity index (χ0v) is 16.9. The lowest BCUT2D eigenvalue weighted by molar-refractivity contribution is -0.0496. The van der Waals surface area contributed by atoms with Crippen LogP contribution in [0.15, 0.2) is 29.3 Å². The van der Waals surface area contributed by atoms with Gasteiger partial charge in [0.25, 0.3) is 0 Å². The summed E-state index contributed by atoms with van der Waals surface area (Å²) in [5, 5.41) is 6.35. The van der Waals surface area contributed by atoms with Crippen molar-refractivity contribution in [3.63, 3.8) is 0 Å². The topological polar surface area (TPSA) is 73.8 Å². The minimum absolute atomic E-state index is 0.0860. The highest BCUT2D eigenvalue weighted by Gasteiger charge is 2.50. The molecule has 1 aromatic rings. The van der Waals surface area contributed by atoms with Crippen molar-refractivity contribution in [2.45, 2.75) is 38.7 Å². The molecule has 1 heterocycles. The number of nitrogens with zero attached hydrogens (tertiary/aromatic N) is 2. The van der Waals surface area contributed by atoms with Gasteiger partial charge in [-0.25, -0.2) is 13.4 Å². The average molecular weight is 421 g/mol. The Labute approximate surface area is 164 Å². The Morgan fingerprint density at radius 3 is 2.32 bits per heavy atom. The molecule has 10 heteroatoms. The summed E-state index contributed by atoms with van der Waals surface area (Å²) in [4.78, 5) is 4.52. The third-order valence-corrected chi connectivity index (χ3v) is 6.28. The number of rotatable bonds is 6. The van der Waals surface area contributed by atoms with Gasteiger partial charge in [-0.3, -0.25) is 0 Å². The van der Waals surface area contributed by atoms with Crippen LogP contribution in [0.4, 0.5) is 13.2 Å². The zero-order valence-electron chi connectivity index (χ0n) is 16.1. The number of piperidine rings is 1. The molecule has 0 aliphatic carbocycles.